The molecule has 6 nitrogen and oxygen atoms in total. The van der Waals surface area contributed by atoms with Crippen LogP contribution in [0.25, 0.3) is 22.2 Å². The molecule has 0 aliphatic heterocycles. The number of hydrogen-bond donors (Lipinski definition) is 2. The van der Waals surface area contributed by atoms with Crippen molar-refractivity contribution in [2.75, 3.05) is 18.9 Å². The van der Waals surface area contributed by atoms with Crippen molar-refractivity contribution in [3.05, 3.63) is 83.8 Å². The first-order chi connectivity index (χ1) is 15.9. The monoisotopic (exact) mass is 444 g/mol. The Labute approximate surface area is 191 Å². The smallest absolute Gasteiger partial charge is 0.245 e. The van der Waals surface area contributed by atoms with E-state index in [1.807, 2.05) is 43.3 Å². The van der Waals surface area contributed by atoms with Gasteiger partial charge in [-0.05, 0) is 60.4 Å². The van der Waals surface area contributed by atoms with Crippen LogP contribution in [0.5, 0.6) is 0 Å². The van der Waals surface area contributed by atoms with E-state index in [9.17, 15) is 14.0 Å². The lowest BCUT2D eigenvalue weighted by molar-refractivity contribution is -0.133. The Hall–Kier alpha value is -4.00. The zero-order valence-corrected chi connectivity index (χ0v) is 18.6. The van der Waals surface area contributed by atoms with Crippen LogP contribution in [0, 0.1) is 12.7 Å². The molecule has 0 saturated heterocycles. The third kappa shape index (κ3) is 5.26. The van der Waals surface area contributed by atoms with E-state index in [-0.39, 0.29) is 30.6 Å². The van der Waals surface area contributed by atoms with E-state index in [2.05, 4.69) is 15.3 Å². The van der Waals surface area contributed by atoms with Crippen LogP contribution in [0.1, 0.15) is 17.5 Å². The number of benzene rings is 2. The highest BCUT2D eigenvalue weighted by Crippen LogP contribution is 2.32. The van der Waals surface area contributed by atoms with E-state index in [0.29, 0.717) is 12.2 Å². The summed E-state index contributed by atoms with van der Waals surface area (Å²) in [6.07, 6.45) is 2.22. The number of hydrogen-bond acceptors (Lipinski definition) is 3. The highest BCUT2D eigenvalue weighted by Gasteiger charge is 2.18. The lowest BCUT2D eigenvalue weighted by atomic mass is 10.0. The van der Waals surface area contributed by atoms with Crippen molar-refractivity contribution < 1.29 is 14.0 Å². The van der Waals surface area contributed by atoms with Gasteiger partial charge in [0.05, 0.1) is 6.54 Å². The van der Waals surface area contributed by atoms with Gasteiger partial charge in [0.25, 0.3) is 0 Å². The van der Waals surface area contributed by atoms with E-state index >= 15 is 0 Å². The summed E-state index contributed by atoms with van der Waals surface area (Å²) in [4.78, 5) is 34.0. The fourth-order valence-electron chi connectivity index (χ4n) is 3.84. The number of aromatic amines is 1. The van der Waals surface area contributed by atoms with E-state index in [1.54, 1.807) is 25.4 Å². The summed E-state index contributed by atoms with van der Waals surface area (Å²) in [5.41, 5.74) is 4.51. The van der Waals surface area contributed by atoms with Gasteiger partial charge >= 0.3 is 0 Å². The minimum atomic E-state index is -0.327. The zero-order valence-electron chi connectivity index (χ0n) is 18.6. The Balaban J connectivity index is 1.46. The number of likely N-dealkylation sites (N-methyl/N-ethyl adjacent to an activating group) is 1. The number of aromatic nitrogens is 2. The predicted octanol–water partition coefficient (Wildman–Crippen LogP) is 4.71. The Morgan fingerprint density at radius 3 is 2.64 bits per heavy atom. The molecule has 2 aromatic carbocycles. The first-order valence-electron chi connectivity index (χ1n) is 10.7. The third-order valence-electron chi connectivity index (χ3n) is 5.51. The van der Waals surface area contributed by atoms with Crippen molar-refractivity contribution in [3.63, 3.8) is 0 Å². The Morgan fingerprint density at radius 1 is 1.09 bits per heavy atom. The van der Waals surface area contributed by atoms with Crippen molar-refractivity contribution in [3.8, 4) is 11.3 Å². The third-order valence-corrected chi connectivity index (χ3v) is 5.51. The van der Waals surface area contributed by atoms with Crippen molar-refractivity contribution >= 4 is 28.5 Å². The maximum absolute atomic E-state index is 14.0. The number of amides is 2. The van der Waals surface area contributed by atoms with E-state index in [1.165, 1.54) is 17.0 Å². The largest absolute Gasteiger partial charge is 0.354 e. The lowest BCUT2D eigenvalue weighted by Gasteiger charge is -2.17. The molecule has 0 fully saturated rings. The first-order valence-corrected chi connectivity index (χ1v) is 10.7. The van der Waals surface area contributed by atoms with Crippen molar-refractivity contribution in [1.82, 2.24) is 14.9 Å². The van der Waals surface area contributed by atoms with Crippen molar-refractivity contribution in [2.45, 2.75) is 19.8 Å². The summed E-state index contributed by atoms with van der Waals surface area (Å²) in [6.45, 7) is 1.83. The predicted molar refractivity (Wildman–Crippen MR) is 127 cm³/mol. The fraction of sp³-hybridized carbons (Fsp3) is 0.192. The molecule has 4 rings (SSSR count). The van der Waals surface area contributed by atoms with Crippen LogP contribution in [-0.4, -0.2) is 40.3 Å². The number of nitrogens with one attached hydrogen (secondary N) is 2. The average molecular weight is 445 g/mol. The first kappa shape index (κ1) is 22.2. The SMILES string of the molecule is Cc1ccnc(NC(=O)CN(C)C(=O)CCc2c(-c3ccccc3)[nH]c3ccc(F)cc23)c1. The molecule has 4 aromatic rings. The normalized spacial score (nSPS) is 10.9. The van der Waals surface area contributed by atoms with Crippen LogP contribution in [-0.2, 0) is 16.0 Å². The van der Waals surface area contributed by atoms with E-state index in [0.717, 1.165) is 33.3 Å². The van der Waals surface area contributed by atoms with Crippen LogP contribution >= 0.6 is 0 Å². The molecular formula is C26H25FN4O2. The maximum atomic E-state index is 14.0. The summed E-state index contributed by atoms with van der Waals surface area (Å²) >= 11 is 0. The van der Waals surface area contributed by atoms with Gasteiger partial charge in [-0.25, -0.2) is 9.37 Å². The molecule has 0 aliphatic carbocycles. The average Bonchev–Trinajstić information content (AvgIpc) is 3.15. The highest BCUT2D eigenvalue weighted by atomic mass is 19.1. The second kappa shape index (κ2) is 9.65. The van der Waals surface area contributed by atoms with Gasteiger partial charge in [-0.1, -0.05) is 30.3 Å². The van der Waals surface area contributed by atoms with Gasteiger partial charge in [-0.3, -0.25) is 9.59 Å². The van der Waals surface area contributed by atoms with Gasteiger partial charge in [0.15, 0.2) is 0 Å². The standard InChI is InChI=1S/C26H25FN4O2/c1-17-12-13-28-23(14-17)30-24(32)16-31(2)25(33)11-9-20-21-15-19(27)8-10-22(21)29-26(20)18-6-4-3-5-7-18/h3-8,10,12-15,29H,9,11,16H2,1-2H3,(H,28,30,32). The number of halogens is 1. The number of nitrogens with zero attached hydrogens (tertiary/aromatic N) is 2. The number of rotatable bonds is 7. The molecule has 0 spiro atoms. The summed E-state index contributed by atoms with van der Waals surface area (Å²) in [7, 11) is 1.60. The Kier molecular flexibility index (Phi) is 6.49. The number of fused-ring (bicyclic) bond motifs is 1. The van der Waals surface area contributed by atoms with Gasteiger partial charge in [0.1, 0.15) is 11.6 Å². The molecule has 0 aliphatic rings. The van der Waals surface area contributed by atoms with Crippen LogP contribution in [0.3, 0.4) is 0 Å². The molecule has 33 heavy (non-hydrogen) atoms. The molecule has 7 heteroatoms. The molecule has 2 aromatic heterocycles. The number of carbonyl (C=O) groups excluding carboxylic acids is 2. The number of anilines is 1. The topological polar surface area (TPSA) is 78.1 Å². The Morgan fingerprint density at radius 2 is 1.88 bits per heavy atom. The van der Waals surface area contributed by atoms with Crippen molar-refractivity contribution in [2.24, 2.45) is 0 Å². The van der Waals surface area contributed by atoms with Gasteiger partial charge in [0, 0.05) is 36.3 Å². The minimum absolute atomic E-state index is 0.0808. The molecule has 0 saturated carbocycles. The summed E-state index contributed by atoms with van der Waals surface area (Å²) < 4.78 is 14.0. The summed E-state index contributed by atoms with van der Waals surface area (Å²) in [5, 5.41) is 3.47. The van der Waals surface area contributed by atoms with Crippen molar-refractivity contribution in [1.29, 1.82) is 0 Å². The molecule has 0 bridgehead atoms. The van der Waals surface area contributed by atoms with Gasteiger partial charge in [-0.2, -0.15) is 0 Å². The summed E-state index contributed by atoms with van der Waals surface area (Å²) in [6, 6.07) is 18.0. The van der Waals surface area contributed by atoms with Gasteiger partial charge in [0.2, 0.25) is 11.8 Å². The molecule has 2 heterocycles. The molecule has 0 unspecified atom stereocenters. The molecule has 0 radical (unpaired) electrons. The van der Waals surface area contributed by atoms with Crippen LogP contribution < -0.4 is 5.32 Å². The molecule has 168 valence electrons. The van der Waals surface area contributed by atoms with E-state index in [4.69, 9.17) is 0 Å². The van der Waals surface area contributed by atoms with E-state index < -0.39 is 0 Å². The van der Waals surface area contributed by atoms with Crippen LogP contribution in [0.4, 0.5) is 10.2 Å². The second-order valence-electron chi connectivity index (χ2n) is 8.05. The molecular weight excluding hydrogens is 419 g/mol. The lowest BCUT2D eigenvalue weighted by Crippen LogP contribution is -2.35. The van der Waals surface area contributed by atoms with Crippen LogP contribution in [0.2, 0.25) is 0 Å². The molecule has 0 atom stereocenters. The number of aryl methyl sites for hydroxylation is 2. The molecule has 2 N–H and O–H groups in total. The highest BCUT2D eigenvalue weighted by molar-refractivity contribution is 5.94. The second-order valence-corrected chi connectivity index (χ2v) is 8.05. The number of pyridine rings is 1. The Bertz CT molecular complexity index is 1300. The molecule has 2 amide bonds. The van der Waals surface area contributed by atoms with Gasteiger partial charge in [-0.15, -0.1) is 0 Å². The quantitative estimate of drug-likeness (QED) is 0.433. The number of carbonyl (C=O) groups is 2. The minimum Gasteiger partial charge on any atom is -0.354 e. The van der Waals surface area contributed by atoms with Crippen LogP contribution in [0.15, 0.2) is 66.9 Å². The fourth-order valence-corrected chi connectivity index (χ4v) is 3.84. The zero-order chi connectivity index (χ0) is 23.4. The van der Waals surface area contributed by atoms with Gasteiger partial charge < -0.3 is 15.2 Å². The summed E-state index contributed by atoms with van der Waals surface area (Å²) in [5.74, 6) is -0.364. The number of H-pyrrole nitrogens is 1. The maximum Gasteiger partial charge on any atom is 0.245 e.